The van der Waals surface area contributed by atoms with Crippen LogP contribution >= 0.6 is 0 Å². The summed E-state index contributed by atoms with van der Waals surface area (Å²) in [6.07, 6.45) is 3.52. The van der Waals surface area contributed by atoms with Gasteiger partial charge in [0.15, 0.2) is 0 Å². The van der Waals surface area contributed by atoms with Crippen molar-refractivity contribution in [2.24, 2.45) is 22.7 Å². The fourth-order valence-corrected chi connectivity index (χ4v) is 5.93. The lowest BCUT2D eigenvalue weighted by atomic mass is 9.59. The number of fused-ring (bicyclic) bond motifs is 2. The molecule has 4 aliphatic carbocycles. The maximum absolute atomic E-state index is 12.3. The van der Waals surface area contributed by atoms with Crippen LogP contribution in [0.5, 0.6) is 0 Å². The van der Waals surface area contributed by atoms with Crippen LogP contribution in [0, 0.1) is 22.7 Å². The van der Waals surface area contributed by atoms with Gasteiger partial charge in [0, 0.05) is 11.3 Å². The molecule has 25 heavy (non-hydrogen) atoms. The van der Waals surface area contributed by atoms with E-state index in [9.17, 15) is 30.0 Å². The number of carboxylic acids is 2. The third kappa shape index (κ3) is 1.71. The predicted octanol–water partition coefficient (Wildman–Crippen LogP) is 1.50. The van der Waals surface area contributed by atoms with Crippen LogP contribution < -0.4 is 0 Å². The zero-order valence-electron chi connectivity index (χ0n) is 14.0. The molecular weight excluding hydrogens is 324 g/mol. The van der Waals surface area contributed by atoms with Crippen molar-refractivity contribution in [1.82, 2.24) is 0 Å². The molecule has 0 aliphatic heterocycles. The van der Waals surface area contributed by atoms with Crippen molar-refractivity contribution in [3.63, 3.8) is 0 Å². The molecule has 0 aromatic heterocycles. The molecule has 2 fully saturated rings. The molecule has 0 aromatic carbocycles. The molecule has 4 aliphatic rings. The Morgan fingerprint density at radius 3 is 2.60 bits per heavy atom. The molecule has 0 aromatic rings. The molecule has 4 N–H and O–H groups in total. The molecular formula is C19H22O6. The molecule has 134 valence electrons. The molecule has 1 unspecified atom stereocenters. The van der Waals surface area contributed by atoms with Gasteiger partial charge in [-0.3, -0.25) is 9.59 Å². The van der Waals surface area contributed by atoms with Crippen LogP contribution in [0.15, 0.2) is 35.5 Å². The van der Waals surface area contributed by atoms with Gasteiger partial charge < -0.3 is 20.4 Å². The van der Waals surface area contributed by atoms with E-state index in [1.54, 1.807) is 6.08 Å². The lowest BCUT2D eigenvalue weighted by molar-refractivity contribution is -0.164. The number of carbonyl (C=O) groups is 2. The average Bonchev–Trinajstić information content (AvgIpc) is 2.90. The SMILES string of the molecule is C=C1C[C@]23C[C@@]1(O)CCC2=C1C=C[C@H](O)[C@@](C)(C(=O)O)C1[C@@H]3C(=O)O. The van der Waals surface area contributed by atoms with Gasteiger partial charge in [-0.05, 0) is 43.8 Å². The minimum atomic E-state index is -1.62. The first-order valence-electron chi connectivity index (χ1n) is 8.54. The average molecular weight is 346 g/mol. The van der Waals surface area contributed by atoms with Gasteiger partial charge in [-0.25, -0.2) is 0 Å². The van der Waals surface area contributed by atoms with Gasteiger partial charge in [0.1, 0.15) is 5.41 Å². The van der Waals surface area contributed by atoms with E-state index in [2.05, 4.69) is 6.58 Å². The van der Waals surface area contributed by atoms with Crippen LogP contribution in [0.3, 0.4) is 0 Å². The Labute approximate surface area is 145 Å². The van der Waals surface area contributed by atoms with Crippen molar-refractivity contribution in [1.29, 1.82) is 0 Å². The van der Waals surface area contributed by atoms with Gasteiger partial charge in [-0.15, -0.1) is 0 Å². The summed E-state index contributed by atoms with van der Waals surface area (Å²) in [4.78, 5) is 24.3. The Bertz CT molecular complexity index is 779. The minimum Gasteiger partial charge on any atom is -0.481 e. The van der Waals surface area contributed by atoms with E-state index in [4.69, 9.17) is 0 Å². The highest BCUT2D eigenvalue weighted by molar-refractivity contribution is 5.83. The van der Waals surface area contributed by atoms with E-state index in [-0.39, 0.29) is 6.42 Å². The number of rotatable bonds is 2. The van der Waals surface area contributed by atoms with Crippen molar-refractivity contribution < 1.29 is 30.0 Å². The standard InChI is InChI=1S/C19H22O6/c1-9-7-18-8-19(9,25)6-5-11(18)10-3-4-12(20)17(2,16(23)24)13(10)14(18)15(21)22/h3-4,12-14,20,25H,1,5-8H2,2H3,(H,21,22)(H,23,24)/t12-,13?,14+,17+,18-,19-/m0/s1. The van der Waals surface area contributed by atoms with E-state index < -0.39 is 46.3 Å². The molecule has 0 radical (unpaired) electrons. The summed E-state index contributed by atoms with van der Waals surface area (Å²) in [6, 6.07) is 0. The highest BCUT2D eigenvalue weighted by Crippen LogP contribution is 2.71. The van der Waals surface area contributed by atoms with Crippen molar-refractivity contribution in [3.05, 3.63) is 35.5 Å². The molecule has 1 spiro atoms. The second-order valence-corrected chi connectivity index (χ2v) is 8.26. The molecule has 2 bridgehead atoms. The third-order valence-corrected chi connectivity index (χ3v) is 7.24. The number of aliphatic hydroxyl groups excluding tert-OH is 1. The van der Waals surface area contributed by atoms with E-state index in [1.165, 1.54) is 13.0 Å². The first-order valence-corrected chi connectivity index (χ1v) is 8.54. The summed E-state index contributed by atoms with van der Waals surface area (Å²) in [5.41, 5.74) is -1.21. The minimum absolute atomic E-state index is 0.269. The largest absolute Gasteiger partial charge is 0.481 e. The number of hydrogen-bond donors (Lipinski definition) is 4. The third-order valence-electron chi connectivity index (χ3n) is 7.24. The quantitative estimate of drug-likeness (QED) is 0.563. The van der Waals surface area contributed by atoms with Crippen LogP contribution in [0.2, 0.25) is 0 Å². The highest BCUT2D eigenvalue weighted by atomic mass is 16.4. The fraction of sp³-hybridized carbons (Fsp3) is 0.579. The summed E-state index contributed by atoms with van der Waals surface area (Å²) >= 11 is 0. The summed E-state index contributed by atoms with van der Waals surface area (Å²) in [6.45, 7) is 5.40. The van der Waals surface area contributed by atoms with Gasteiger partial charge in [-0.2, -0.15) is 0 Å². The number of aliphatic hydroxyl groups is 2. The first-order chi connectivity index (χ1) is 11.6. The van der Waals surface area contributed by atoms with Crippen molar-refractivity contribution >= 4 is 11.9 Å². The van der Waals surface area contributed by atoms with Gasteiger partial charge >= 0.3 is 11.9 Å². The molecule has 0 saturated heterocycles. The highest BCUT2D eigenvalue weighted by Gasteiger charge is 2.70. The number of allylic oxidation sites excluding steroid dienone is 3. The second kappa shape index (κ2) is 4.62. The summed E-state index contributed by atoms with van der Waals surface area (Å²) < 4.78 is 0. The van der Waals surface area contributed by atoms with Crippen LogP contribution in [-0.4, -0.2) is 44.1 Å². The summed E-state index contributed by atoms with van der Waals surface area (Å²) in [5.74, 6) is -4.11. The lowest BCUT2D eigenvalue weighted by Gasteiger charge is -2.43. The zero-order chi connectivity index (χ0) is 18.4. The van der Waals surface area contributed by atoms with Crippen LogP contribution in [0.1, 0.15) is 32.6 Å². The molecule has 4 rings (SSSR count). The predicted molar refractivity (Wildman–Crippen MR) is 87.5 cm³/mol. The Kier molecular flexibility index (Phi) is 3.06. The van der Waals surface area contributed by atoms with E-state index in [0.717, 1.165) is 11.1 Å². The van der Waals surface area contributed by atoms with Crippen LogP contribution in [0.4, 0.5) is 0 Å². The summed E-state index contributed by atoms with van der Waals surface area (Å²) in [5, 5.41) is 41.1. The molecule has 0 amide bonds. The smallest absolute Gasteiger partial charge is 0.312 e. The molecule has 6 atom stereocenters. The molecule has 6 heteroatoms. The van der Waals surface area contributed by atoms with Gasteiger partial charge in [-0.1, -0.05) is 24.3 Å². The second-order valence-electron chi connectivity index (χ2n) is 8.26. The van der Waals surface area contributed by atoms with Crippen molar-refractivity contribution in [2.45, 2.75) is 44.3 Å². The lowest BCUT2D eigenvalue weighted by Crippen LogP contribution is -2.52. The molecule has 2 saturated carbocycles. The molecule has 6 nitrogen and oxygen atoms in total. The van der Waals surface area contributed by atoms with Crippen molar-refractivity contribution in [2.75, 3.05) is 0 Å². The van der Waals surface area contributed by atoms with E-state index in [1.807, 2.05) is 0 Å². The number of hydrogen-bond acceptors (Lipinski definition) is 4. The monoisotopic (exact) mass is 346 g/mol. The summed E-state index contributed by atoms with van der Waals surface area (Å²) in [7, 11) is 0. The van der Waals surface area contributed by atoms with Crippen LogP contribution in [-0.2, 0) is 9.59 Å². The van der Waals surface area contributed by atoms with Crippen LogP contribution in [0.25, 0.3) is 0 Å². The van der Waals surface area contributed by atoms with E-state index >= 15 is 0 Å². The Hall–Kier alpha value is -1.92. The Morgan fingerprint density at radius 2 is 2.00 bits per heavy atom. The van der Waals surface area contributed by atoms with Gasteiger partial charge in [0.05, 0.1) is 17.6 Å². The normalized spacial score (nSPS) is 47.6. The van der Waals surface area contributed by atoms with Gasteiger partial charge in [0.25, 0.3) is 0 Å². The fourth-order valence-electron chi connectivity index (χ4n) is 5.93. The Balaban J connectivity index is 1.98. The topological polar surface area (TPSA) is 115 Å². The zero-order valence-corrected chi connectivity index (χ0v) is 14.0. The van der Waals surface area contributed by atoms with Crippen molar-refractivity contribution in [3.8, 4) is 0 Å². The number of carboxylic acid groups (broad SMARTS) is 2. The van der Waals surface area contributed by atoms with E-state index in [0.29, 0.717) is 24.8 Å². The molecule has 0 heterocycles. The maximum atomic E-state index is 12.3. The Morgan fingerprint density at radius 1 is 1.32 bits per heavy atom. The van der Waals surface area contributed by atoms with Gasteiger partial charge in [0.2, 0.25) is 0 Å². The maximum Gasteiger partial charge on any atom is 0.312 e. The number of aliphatic carboxylic acids is 2. The first kappa shape index (κ1) is 16.5.